The molecule has 1 aliphatic rings. The van der Waals surface area contributed by atoms with E-state index >= 15 is 0 Å². The normalized spacial score (nSPS) is 20.3. The minimum atomic E-state index is -0.602. The first-order valence-electron chi connectivity index (χ1n) is 5.79. The van der Waals surface area contributed by atoms with E-state index in [1.807, 2.05) is 6.92 Å². The Balaban J connectivity index is 2.69. The van der Waals surface area contributed by atoms with Gasteiger partial charge in [0.25, 0.3) is 0 Å². The number of Topliss-reactive ketones (excluding diaryl/α,β-unsaturated/α-hetero) is 1. The predicted molar refractivity (Wildman–Crippen MR) is 58.6 cm³/mol. The van der Waals surface area contributed by atoms with Gasteiger partial charge in [0.15, 0.2) is 5.78 Å². The molecule has 4 heteroatoms. The largest absolute Gasteiger partial charge is 0.465 e. The lowest BCUT2D eigenvalue weighted by atomic mass is 9.86. The van der Waals surface area contributed by atoms with Crippen LogP contribution in [0, 0.1) is 5.92 Å². The fraction of sp³-hybridized carbons (Fsp3) is 0.500. The summed E-state index contributed by atoms with van der Waals surface area (Å²) in [5.74, 6) is -0.747. The zero-order valence-electron chi connectivity index (χ0n) is 10.7. The third-order valence-corrected chi connectivity index (χ3v) is 3.12. The minimum Gasteiger partial charge on any atom is -0.465 e. The molecule has 1 aromatic rings. The van der Waals surface area contributed by atoms with E-state index in [-0.39, 0.29) is 23.4 Å². The van der Waals surface area contributed by atoms with Crippen molar-refractivity contribution >= 4 is 11.8 Å². The van der Waals surface area contributed by atoms with Crippen LogP contribution in [0.15, 0.2) is 6.17 Å². The van der Waals surface area contributed by atoms with Gasteiger partial charge in [0.05, 0.1) is 19.6 Å². The molecular formula is C12H15NO3. The number of fused-ring (bicyclic) bond motifs is 1. The van der Waals surface area contributed by atoms with Gasteiger partial charge < -0.3 is 9.30 Å². The molecule has 0 bridgehead atoms. The fourth-order valence-corrected chi connectivity index (χ4v) is 2.14. The number of carbonyl (C=O) groups excluding carboxylic acids is 2. The molecule has 0 aromatic carbocycles. The average Bonchev–Trinajstić information content (AvgIpc) is 2.57. The van der Waals surface area contributed by atoms with Crippen LogP contribution in [0.1, 0.15) is 41.1 Å². The highest BCUT2D eigenvalue weighted by Crippen LogP contribution is 2.29. The van der Waals surface area contributed by atoms with Gasteiger partial charge >= 0.3 is 5.97 Å². The number of ether oxygens (including phenoxy) is 1. The first-order valence-corrected chi connectivity index (χ1v) is 5.29. The third-order valence-electron chi connectivity index (χ3n) is 3.12. The van der Waals surface area contributed by atoms with E-state index in [1.54, 1.807) is 11.6 Å². The Morgan fingerprint density at radius 2 is 2.38 bits per heavy atom. The van der Waals surface area contributed by atoms with Crippen LogP contribution in [0.5, 0.6) is 0 Å². The molecule has 4 nitrogen and oxygen atoms in total. The van der Waals surface area contributed by atoms with Crippen LogP contribution in [0.3, 0.4) is 0 Å². The maximum Gasteiger partial charge on any atom is 0.340 e. The standard InChI is InChI=1S/C12H15NO3/c1-7-4-5-9-10(11(7)14)8(6-13(9)2)12(15)16-3/h6-7H,4-5H2,1-3H3/i6T. The summed E-state index contributed by atoms with van der Waals surface area (Å²) in [5, 5.41) is 0. The van der Waals surface area contributed by atoms with Gasteiger partial charge in [-0.2, -0.15) is 0 Å². The van der Waals surface area contributed by atoms with Gasteiger partial charge in [-0.15, -0.1) is 0 Å². The summed E-state index contributed by atoms with van der Waals surface area (Å²) in [6.07, 6.45) is 1.55. The molecule has 0 spiro atoms. The second-order valence-electron chi connectivity index (χ2n) is 4.16. The smallest absolute Gasteiger partial charge is 0.340 e. The van der Waals surface area contributed by atoms with Crippen LogP contribution >= 0.6 is 0 Å². The second-order valence-corrected chi connectivity index (χ2v) is 4.16. The van der Waals surface area contributed by atoms with Crippen molar-refractivity contribution in [1.29, 1.82) is 0 Å². The Kier molecular flexibility index (Phi) is 2.27. The van der Waals surface area contributed by atoms with Crippen molar-refractivity contribution < 1.29 is 15.7 Å². The summed E-state index contributed by atoms with van der Waals surface area (Å²) in [7, 11) is 2.97. The number of esters is 1. The lowest BCUT2D eigenvalue weighted by Crippen LogP contribution is -2.22. The van der Waals surface area contributed by atoms with Crippen molar-refractivity contribution in [2.24, 2.45) is 13.0 Å². The van der Waals surface area contributed by atoms with Gasteiger partial charge in [-0.3, -0.25) is 4.79 Å². The van der Waals surface area contributed by atoms with Crippen molar-refractivity contribution in [3.63, 3.8) is 0 Å². The molecule has 1 heterocycles. The highest BCUT2D eigenvalue weighted by atomic mass is 16.5. The van der Waals surface area contributed by atoms with Crippen LogP contribution in [0.2, 0.25) is 0 Å². The first kappa shape index (κ1) is 9.63. The Morgan fingerprint density at radius 3 is 3.00 bits per heavy atom. The Bertz CT molecular complexity index is 504. The molecule has 0 aliphatic heterocycles. The second kappa shape index (κ2) is 3.77. The maximum atomic E-state index is 12.1. The number of aromatic nitrogens is 1. The molecule has 16 heavy (non-hydrogen) atoms. The zero-order valence-corrected chi connectivity index (χ0v) is 9.66. The maximum absolute atomic E-state index is 12.1. The number of rotatable bonds is 1. The van der Waals surface area contributed by atoms with E-state index in [0.29, 0.717) is 5.56 Å². The van der Waals surface area contributed by atoms with Crippen LogP contribution in [-0.4, -0.2) is 23.4 Å². The number of hydrogen-bond acceptors (Lipinski definition) is 3. The molecular weight excluding hydrogens is 206 g/mol. The van der Waals surface area contributed by atoms with Crippen molar-refractivity contribution in [2.45, 2.75) is 19.8 Å². The van der Waals surface area contributed by atoms with E-state index in [2.05, 4.69) is 4.74 Å². The molecule has 1 unspecified atom stereocenters. The van der Waals surface area contributed by atoms with E-state index in [1.165, 1.54) is 7.11 Å². The van der Waals surface area contributed by atoms with Gasteiger partial charge in [-0.1, -0.05) is 6.92 Å². The van der Waals surface area contributed by atoms with Gasteiger partial charge in [0, 0.05) is 24.8 Å². The van der Waals surface area contributed by atoms with E-state index < -0.39 is 5.97 Å². The van der Waals surface area contributed by atoms with Crippen molar-refractivity contribution in [1.82, 2.24) is 4.57 Å². The van der Waals surface area contributed by atoms with Gasteiger partial charge in [-0.25, -0.2) is 4.79 Å². The third kappa shape index (κ3) is 1.45. The number of carbonyl (C=O) groups is 2. The molecule has 0 amide bonds. The van der Waals surface area contributed by atoms with Crippen LogP contribution in [-0.2, 0) is 18.2 Å². The lowest BCUT2D eigenvalue weighted by Gasteiger charge is -2.18. The first-order chi connectivity index (χ1) is 7.99. The Morgan fingerprint density at radius 1 is 1.69 bits per heavy atom. The topological polar surface area (TPSA) is 48.3 Å². The average molecular weight is 223 g/mol. The molecule has 0 fully saturated rings. The van der Waals surface area contributed by atoms with Crippen molar-refractivity contribution in [2.75, 3.05) is 7.11 Å². The summed E-state index contributed by atoms with van der Waals surface area (Å²) >= 11 is 0. The summed E-state index contributed by atoms with van der Waals surface area (Å²) in [6, 6.07) is 0. The fourth-order valence-electron chi connectivity index (χ4n) is 2.14. The van der Waals surface area contributed by atoms with Crippen LogP contribution in [0.25, 0.3) is 0 Å². The molecule has 0 radical (unpaired) electrons. The van der Waals surface area contributed by atoms with Crippen LogP contribution in [0.4, 0.5) is 0 Å². The molecule has 0 saturated heterocycles. The van der Waals surface area contributed by atoms with Crippen LogP contribution < -0.4 is 0 Å². The number of methoxy groups -OCH3 is 1. The predicted octanol–water partition coefficient (Wildman–Crippen LogP) is 1.58. The molecule has 1 aliphatic carbocycles. The minimum absolute atomic E-state index is 0.0549. The monoisotopic (exact) mass is 223 g/mol. The highest BCUT2D eigenvalue weighted by Gasteiger charge is 2.31. The summed E-state index contributed by atoms with van der Waals surface area (Å²) in [6.45, 7) is 1.85. The molecule has 1 aromatic heterocycles. The van der Waals surface area contributed by atoms with E-state index in [4.69, 9.17) is 1.37 Å². The molecule has 86 valence electrons. The number of nitrogens with zero attached hydrogens (tertiary/aromatic N) is 1. The summed E-state index contributed by atoms with van der Waals surface area (Å²) in [5.41, 5.74) is 1.28. The van der Waals surface area contributed by atoms with Gasteiger partial charge in [-0.05, 0) is 12.8 Å². The molecule has 0 saturated carbocycles. The van der Waals surface area contributed by atoms with E-state index in [0.717, 1.165) is 18.5 Å². The van der Waals surface area contributed by atoms with Gasteiger partial charge in [0.1, 0.15) is 0 Å². The van der Waals surface area contributed by atoms with Crippen molar-refractivity contribution in [3.05, 3.63) is 23.0 Å². The Hall–Kier alpha value is -1.58. The van der Waals surface area contributed by atoms with E-state index in [9.17, 15) is 9.59 Å². The molecule has 0 N–H and O–H groups in total. The summed E-state index contributed by atoms with van der Waals surface area (Å²) in [4.78, 5) is 23.8. The van der Waals surface area contributed by atoms with Gasteiger partial charge in [0.2, 0.25) is 0 Å². The SMILES string of the molecule is [3H]c1c(C(=O)OC)c2c(n1C)CCC(C)C2=O. The number of ketones is 1. The highest BCUT2D eigenvalue weighted by molar-refractivity contribution is 6.08. The molecule has 1 atom stereocenters. The molecule has 2 rings (SSSR count). The zero-order chi connectivity index (χ0) is 12.7. The quantitative estimate of drug-likeness (QED) is 0.679. The number of hydrogen-bond donors (Lipinski definition) is 0. The summed E-state index contributed by atoms with van der Waals surface area (Å²) < 4.78 is 14.1. The van der Waals surface area contributed by atoms with Crippen molar-refractivity contribution in [3.8, 4) is 0 Å². The lowest BCUT2D eigenvalue weighted by molar-refractivity contribution is 0.0596. The Labute approximate surface area is 95.6 Å².